The molecule has 7 heteroatoms. The van der Waals surface area contributed by atoms with Crippen LogP contribution < -0.4 is 5.73 Å². The van der Waals surface area contributed by atoms with Gasteiger partial charge in [0.05, 0.1) is 0 Å². The molecule has 5 nitrogen and oxygen atoms in total. The third-order valence-electron chi connectivity index (χ3n) is 3.22. The molecule has 2 N–H and O–H groups in total. The Bertz CT molecular complexity index is 513. The number of piperidine rings is 1. The summed E-state index contributed by atoms with van der Waals surface area (Å²) in [7, 11) is -3.42. The Balaban J connectivity index is 2.17. The van der Waals surface area contributed by atoms with Gasteiger partial charge in [0.1, 0.15) is 4.90 Å². The molecule has 0 spiro atoms. The average Bonchev–Trinajstić information content (AvgIpc) is 2.39. The molecule has 100 valence electrons. The fourth-order valence-corrected chi connectivity index (χ4v) is 4.04. The molecule has 2 heterocycles. The number of hydrogen-bond donors (Lipinski definition) is 1. The first kappa shape index (κ1) is 13.9. The number of nitrogens with zero attached hydrogens (tertiary/aromatic N) is 2. The van der Waals surface area contributed by atoms with Crippen molar-refractivity contribution < 1.29 is 8.42 Å². The molecule has 2 rings (SSSR count). The minimum atomic E-state index is -3.42. The van der Waals surface area contributed by atoms with Gasteiger partial charge in [0.25, 0.3) is 0 Å². The van der Waals surface area contributed by atoms with Gasteiger partial charge in [0, 0.05) is 30.0 Å². The van der Waals surface area contributed by atoms with Gasteiger partial charge in [-0.25, -0.2) is 8.42 Å². The first-order chi connectivity index (χ1) is 8.54. The van der Waals surface area contributed by atoms with Crippen LogP contribution >= 0.6 is 15.9 Å². The molecule has 0 radical (unpaired) electrons. The van der Waals surface area contributed by atoms with E-state index in [4.69, 9.17) is 5.73 Å². The third kappa shape index (κ3) is 2.90. The maximum absolute atomic E-state index is 12.4. The van der Waals surface area contributed by atoms with E-state index in [1.165, 1.54) is 10.5 Å². The summed E-state index contributed by atoms with van der Waals surface area (Å²) in [6.07, 6.45) is 4.61. The normalized spacial score (nSPS) is 19.0. The molecule has 0 unspecified atom stereocenters. The second-order valence-corrected chi connectivity index (χ2v) is 7.28. The molecular weight excluding hydrogens is 318 g/mol. The molecule has 1 aliphatic heterocycles. The van der Waals surface area contributed by atoms with Gasteiger partial charge in [-0.1, -0.05) is 0 Å². The van der Waals surface area contributed by atoms with E-state index in [0.717, 1.165) is 12.8 Å². The highest BCUT2D eigenvalue weighted by molar-refractivity contribution is 9.10. The Hall–Kier alpha value is -0.500. The van der Waals surface area contributed by atoms with Crippen LogP contribution in [0.25, 0.3) is 0 Å². The van der Waals surface area contributed by atoms with Gasteiger partial charge in [-0.05, 0) is 47.3 Å². The van der Waals surface area contributed by atoms with Gasteiger partial charge in [0.15, 0.2) is 0 Å². The van der Waals surface area contributed by atoms with E-state index >= 15 is 0 Å². The highest BCUT2D eigenvalue weighted by Gasteiger charge is 2.29. The van der Waals surface area contributed by atoms with Crippen LogP contribution in [0.1, 0.15) is 12.8 Å². The fourth-order valence-electron chi connectivity index (χ4n) is 2.07. The fraction of sp³-hybridized carbons (Fsp3) is 0.545. The molecular formula is C11H16BrN3O2S. The average molecular weight is 334 g/mol. The van der Waals surface area contributed by atoms with Gasteiger partial charge < -0.3 is 5.73 Å². The summed E-state index contributed by atoms with van der Waals surface area (Å²) < 4.78 is 26.9. The van der Waals surface area contributed by atoms with Crippen LogP contribution in [0.5, 0.6) is 0 Å². The van der Waals surface area contributed by atoms with Crippen molar-refractivity contribution in [2.75, 3.05) is 19.6 Å². The zero-order chi connectivity index (χ0) is 13.2. The zero-order valence-electron chi connectivity index (χ0n) is 9.92. The standard InChI is InChI=1S/C11H16BrN3O2S/c12-10-5-11(8-14-7-10)18(16,17)15-3-1-9(6-13)2-4-15/h5,7-9H,1-4,6,13H2. The largest absolute Gasteiger partial charge is 0.330 e. The highest BCUT2D eigenvalue weighted by atomic mass is 79.9. The lowest BCUT2D eigenvalue weighted by Gasteiger charge is -2.30. The van der Waals surface area contributed by atoms with Crippen LogP contribution in [0.4, 0.5) is 0 Å². The zero-order valence-corrected chi connectivity index (χ0v) is 12.3. The maximum Gasteiger partial charge on any atom is 0.244 e. The number of hydrogen-bond acceptors (Lipinski definition) is 4. The Morgan fingerprint density at radius 2 is 2.06 bits per heavy atom. The molecule has 1 aliphatic rings. The van der Waals surface area contributed by atoms with E-state index in [2.05, 4.69) is 20.9 Å². The smallest absolute Gasteiger partial charge is 0.244 e. The lowest BCUT2D eigenvalue weighted by molar-refractivity contribution is 0.278. The van der Waals surface area contributed by atoms with Crippen molar-refractivity contribution in [3.63, 3.8) is 0 Å². The summed E-state index contributed by atoms with van der Waals surface area (Å²) in [5.41, 5.74) is 5.60. The van der Waals surface area contributed by atoms with E-state index in [1.54, 1.807) is 12.3 Å². The van der Waals surface area contributed by atoms with Crippen molar-refractivity contribution in [1.82, 2.24) is 9.29 Å². The van der Waals surface area contributed by atoms with E-state index in [-0.39, 0.29) is 4.90 Å². The maximum atomic E-state index is 12.4. The highest BCUT2D eigenvalue weighted by Crippen LogP contribution is 2.24. The van der Waals surface area contributed by atoms with Crippen molar-refractivity contribution in [1.29, 1.82) is 0 Å². The molecule has 0 atom stereocenters. The summed E-state index contributed by atoms with van der Waals surface area (Å²) in [5, 5.41) is 0. The lowest BCUT2D eigenvalue weighted by Crippen LogP contribution is -2.40. The molecule has 0 aliphatic carbocycles. The van der Waals surface area contributed by atoms with Crippen LogP contribution in [0.15, 0.2) is 27.8 Å². The molecule has 1 aromatic heterocycles. The van der Waals surface area contributed by atoms with E-state index in [1.807, 2.05) is 0 Å². The first-order valence-corrected chi connectivity index (χ1v) is 8.08. The number of halogens is 1. The number of aromatic nitrogens is 1. The summed E-state index contributed by atoms with van der Waals surface area (Å²) in [6.45, 7) is 1.71. The second kappa shape index (κ2) is 5.64. The Morgan fingerprint density at radius 1 is 1.39 bits per heavy atom. The Labute approximate surface area is 116 Å². The van der Waals surface area contributed by atoms with Crippen LogP contribution in [-0.2, 0) is 10.0 Å². The number of nitrogens with two attached hydrogens (primary N) is 1. The Morgan fingerprint density at radius 3 is 2.61 bits per heavy atom. The van der Waals surface area contributed by atoms with Gasteiger partial charge in [-0.15, -0.1) is 0 Å². The molecule has 1 fully saturated rings. The number of sulfonamides is 1. The lowest BCUT2D eigenvalue weighted by atomic mass is 9.99. The van der Waals surface area contributed by atoms with E-state index < -0.39 is 10.0 Å². The minimum Gasteiger partial charge on any atom is -0.330 e. The van der Waals surface area contributed by atoms with Crippen molar-refractivity contribution >= 4 is 26.0 Å². The van der Waals surface area contributed by atoms with E-state index in [0.29, 0.717) is 30.0 Å². The molecule has 1 saturated heterocycles. The van der Waals surface area contributed by atoms with Crippen molar-refractivity contribution in [2.24, 2.45) is 11.7 Å². The third-order valence-corrected chi connectivity index (χ3v) is 5.52. The van der Waals surface area contributed by atoms with Crippen molar-refractivity contribution in [2.45, 2.75) is 17.7 Å². The predicted molar refractivity (Wildman–Crippen MR) is 72.5 cm³/mol. The van der Waals surface area contributed by atoms with Gasteiger partial charge >= 0.3 is 0 Å². The second-order valence-electron chi connectivity index (χ2n) is 4.42. The first-order valence-electron chi connectivity index (χ1n) is 5.85. The predicted octanol–water partition coefficient (Wildman–Crippen LogP) is 1.20. The summed E-state index contributed by atoms with van der Waals surface area (Å²) in [5.74, 6) is 0.442. The number of rotatable bonds is 3. The SMILES string of the molecule is NCC1CCN(S(=O)(=O)c2cncc(Br)c2)CC1. The topological polar surface area (TPSA) is 76.3 Å². The molecule has 0 bridgehead atoms. The van der Waals surface area contributed by atoms with Crippen LogP contribution in [0.3, 0.4) is 0 Å². The molecule has 18 heavy (non-hydrogen) atoms. The van der Waals surface area contributed by atoms with Crippen molar-refractivity contribution in [3.05, 3.63) is 22.9 Å². The van der Waals surface area contributed by atoms with Gasteiger partial charge in [-0.2, -0.15) is 4.31 Å². The molecule has 0 amide bonds. The summed E-state index contributed by atoms with van der Waals surface area (Å²) in [4.78, 5) is 4.14. The molecule has 0 saturated carbocycles. The Kier molecular flexibility index (Phi) is 4.37. The van der Waals surface area contributed by atoms with E-state index in [9.17, 15) is 8.42 Å². The van der Waals surface area contributed by atoms with Crippen LogP contribution in [-0.4, -0.2) is 37.3 Å². The minimum absolute atomic E-state index is 0.239. The number of pyridine rings is 1. The summed E-state index contributed by atoms with van der Waals surface area (Å²) in [6, 6.07) is 1.58. The van der Waals surface area contributed by atoms with Crippen LogP contribution in [0.2, 0.25) is 0 Å². The molecule has 0 aromatic carbocycles. The summed E-state index contributed by atoms with van der Waals surface area (Å²) >= 11 is 3.24. The monoisotopic (exact) mass is 333 g/mol. The van der Waals surface area contributed by atoms with Gasteiger partial charge in [-0.3, -0.25) is 4.98 Å². The van der Waals surface area contributed by atoms with Crippen molar-refractivity contribution in [3.8, 4) is 0 Å². The quantitative estimate of drug-likeness (QED) is 0.901. The van der Waals surface area contributed by atoms with Crippen LogP contribution in [0, 0.1) is 5.92 Å². The van der Waals surface area contributed by atoms with Gasteiger partial charge in [0.2, 0.25) is 10.0 Å². The molecule has 1 aromatic rings.